The van der Waals surface area contributed by atoms with E-state index in [1.807, 2.05) is 7.05 Å². The van der Waals surface area contributed by atoms with Crippen molar-refractivity contribution in [2.45, 2.75) is 32.6 Å². The average Bonchev–Trinajstić information content (AvgIpc) is 3.09. The molecule has 140 valence electrons. The maximum atomic E-state index is 5.79. The third-order valence-corrected chi connectivity index (χ3v) is 5.05. The fourth-order valence-corrected chi connectivity index (χ4v) is 3.37. The first-order chi connectivity index (χ1) is 11.8. The number of rotatable bonds is 9. The Labute approximate surface area is 147 Å². The highest BCUT2D eigenvalue weighted by Crippen LogP contribution is 2.15. The predicted molar refractivity (Wildman–Crippen MR) is 98.6 cm³/mol. The smallest absolute Gasteiger partial charge is 0.190 e. The van der Waals surface area contributed by atoms with Gasteiger partial charge < -0.3 is 25.0 Å². The second kappa shape index (κ2) is 11.7. The highest BCUT2D eigenvalue weighted by molar-refractivity contribution is 5.79. The Bertz CT molecular complexity index is 359. The Balaban J connectivity index is 1.46. The van der Waals surface area contributed by atoms with E-state index >= 15 is 0 Å². The van der Waals surface area contributed by atoms with Gasteiger partial charge >= 0.3 is 0 Å². The molecule has 2 rings (SSSR count). The summed E-state index contributed by atoms with van der Waals surface area (Å²) in [6, 6.07) is 0. The lowest BCUT2D eigenvalue weighted by atomic mass is 10.0. The number of hydrogen-bond acceptors (Lipinski definition) is 4. The lowest BCUT2D eigenvalue weighted by molar-refractivity contribution is 0.0203. The van der Waals surface area contributed by atoms with E-state index in [1.165, 1.54) is 19.5 Å². The summed E-state index contributed by atoms with van der Waals surface area (Å²) in [5.74, 6) is 2.34. The normalized spacial score (nSPS) is 23.6. The van der Waals surface area contributed by atoms with Crippen molar-refractivity contribution in [3.05, 3.63) is 0 Å². The van der Waals surface area contributed by atoms with Crippen LogP contribution < -0.4 is 10.6 Å². The van der Waals surface area contributed by atoms with Crippen molar-refractivity contribution in [2.75, 3.05) is 66.2 Å². The van der Waals surface area contributed by atoms with Gasteiger partial charge in [-0.3, -0.25) is 4.99 Å². The van der Waals surface area contributed by atoms with E-state index < -0.39 is 0 Å². The molecule has 2 aliphatic rings. The summed E-state index contributed by atoms with van der Waals surface area (Å²) < 4.78 is 11.2. The molecule has 2 saturated heterocycles. The molecule has 0 spiro atoms. The molecule has 0 aromatic carbocycles. The van der Waals surface area contributed by atoms with Crippen molar-refractivity contribution in [3.8, 4) is 0 Å². The van der Waals surface area contributed by atoms with Gasteiger partial charge in [-0.15, -0.1) is 0 Å². The zero-order valence-electron chi connectivity index (χ0n) is 15.6. The van der Waals surface area contributed by atoms with Crippen molar-refractivity contribution in [1.82, 2.24) is 15.5 Å². The van der Waals surface area contributed by atoms with Gasteiger partial charge in [0.05, 0.1) is 0 Å². The van der Waals surface area contributed by atoms with E-state index in [-0.39, 0.29) is 0 Å². The monoisotopic (exact) mass is 340 g/mol. The molecule has 6 heteroatoms. The van der Waals surface area contributed by atoms with Gasteiger partial charge in [-0.1, -0.05) is 6.92 Å². The molecular formula is C18H36N4O2. The summed E-state index contributed by atoms with van der Waals surface area (Å²) in [4.78, 5) is 6.82. The molecule has 1 atom stereocenters. The fourth-order valence-electron chi connectivity index (χ4n) is 3.37. The second-order valence-corrected chi connectivity index (χ2v) is 6.91. The Morgan fingerprint density at radius 3 is 2.75 bits per heavy atom. The van der Waals surface area contributed by atoms with E-state index in [0.717, 1.165) is 77.2 Å². The number of aliphatic imine (C=N–C) groups is 1. The van der Waals surface area contributed by atoms with Crippen LogP contribution in [0.25, 0.3) is 0 Å². The van der Waals surface area contributed by atoms with Crippen LogP contribution in [0.5, 0.6) is 0 Å². The minimum Gasteiger partial charge on any atom is -0.381 e. The van der Waals surface area contributed by atoms with Crippen molar-refractivity contribution < 1.29 is 9.47 Å². The van der Waals surface area contributed by atoms with Crippen LogP contribution in [0.15, 0.2) is 4.99 Å². The topological polar surface area (TPSA) is 58.1 Å². The van der Waals surface area contributed by atoms with Gasteiger partial charge in [0.1, 0.15) is 0 Å². The van der Waals surface area contributed by atoms with Gasteiger partial charge in [-0.25, -0.2) is 0 Å². The molecule has 24 heavy (non-hydrogen) atoms. The Hall–Kier alpha value is -0.850. The predicted octanol–water partition coefficient (Wildman–Crippen LogP) is 1.33. The van der Waals surface area contributed by atoms with Crippen LogP contribution in [0.4, 0.5) is 0 Å². The van der Waals surface area contributed by atoms with Crippen molar-refractivity contribution in [2.24, 2.45) is 16.8 Å². The quantitative estimate of drug-likeness (QED) is 0.377. The highest BCUT2D eigenvalue weighted by atomic mass is 16.5. The summed E-state index contributed by atoms with van der Waals surface area (Å²) in [5.41, 5.74) is 0. The summed E-state index contributed by atoms with van der Waals surface area (Å²) in [6.45, 7) is 11.2. The third-order valence-electron chi connectivity index (χ3n) is 5.05. The maximum Gasteiger partial charge on any atom is 0.190 e. The van der Waals surface area contributed by atoms with Crippen LogP contribution in [0.3, 0.4) is 0 Å². The molecule has 0 radical (unpaired) electrons. The maximum absolute atomic E-state index is 5.79. The summed E-state index contributed by atoms with van der Waals surface area (Å²) in [5, 5.41) is 6.84. The van der Waals surface area contributed by atoms with E-state index in [9.17, 15) is 0 Å². The van der Waals surface area contributed by atoms with Gasteiger partial charge in [0.25, 0.3) is 0 Å². The largest absolute Gasteiger partial charge is 0.381 e. The van der Waals surface area contributed by atoms with Gasteiger partial charge in [0, 0.05) is 53.1 Å². The Morgan fingerprint density at radius 2 is 2.04 bits per heavy atom. The van der Waals surface area contributed by atoms with E-state index in [2.05, 4.69) is 27.4 Å². The first-order valence-electron chi connectivity index (χ1n) is 9.64. The molecule has 0 aromatic rings. The number of hydrogen-bond donors (Lipinski definition) is 2. The van der Waals surface area contributed by atoms with Crippen LogP contribution in [-0.2, 0) is 9.47 Å². The fraction of sp³-hybridized carbons (Fsp3) is 0.944. The van der Waals surface area contributed by atoms with Gasteiger partial charge in [0.2, 0.25) is 0 Å². The van der Waals surface area contributed by atoms with Crippen LogP contribution in [-0.4, -0.2) is 77.1 Å². The molecule has 0 bridgehead atoms. The van der Waals surface area contributed by atoms with Crippen molar-refractivity contribution in [1.29, 1.82) is 0 Å². The molecule has 0 aromatic heterocycles. The van der Waals surface area contributed by atoms with Crippen LogP contribution in [0, 0.1) is 11.8 Å². The standard InChI is InChI=1S/C18H36N4O2/c1-3-22-9-5-17(14-22)13-21-18(19-2)20-8-4-10-24-15-16-6-11-23-12-7-16/h16-17H,3-15H2,1-2H3,(H2,19,20,21). The lowest BCUT2D eigenvalue weighted by Gasteiger charge is -2.21. The zero-order valence-corrected chi connectivity index (χ0v) is 15.6. The Kier molecular flexibility index (Phi) is 9.46. The van der Waals surface area contributed by atoms with Crippen LogP contribution in [0.1, 0.15) is 32.6 Å². The van der Waals surface area contributed by atoms with Crippen LogP contribution >= 0.6 is 0 Å². The summed E-state index contributed by atoms with van der Waals surface area (Å²) >= 11 is 0. The minimum atomic E-state index is 0.690. The molecule has 1 unspecified atom stereocenters. The number of likely N-dealkylation sites (tertiary alicyclic amines) is 1. The molecule has 0 aliphatic carbocycles. The third kappa shape index (κ3) is 7.36. The zero-order chi connectivity index (χ0) is 17.0. The molecule has 2 fully saturated rings. The number of nitrogens with zero attached hydrogens (tertiary/aromatic N) is 2. The molecule has 2 N–H and O–H groups in total. The number of guanidine groups is 1. The lowest BCUT2D eigenvalue weighted by Crippen LogP contribution is -2.40. The van der Waals surface area contributed by atoms with E-state index in [4.69, 9.17) is 9.47 Å². The van der Waals surface area contributed by atoms with E-state index in [0.29, 0.717) is 5.92 Å². The van der Waals surface area contributed by atoms with E-state index in [1.54, 1.807) is 0 Å². The molecule has 2 heterocycles. The minimum absolute atomic E-state index is 0.690. The summed E-state index contributed by atoms with van der Waals surface area (Å²) in [7, 11) is 1.84. The van der Waals surface area contributed by atoms with Gasteiger partial charge in [0.15, 0.2) is 5.96 Å². The molecule has 0 amide bonds. The van der Waals surface area contributed by atoms with Crippen molar-refractivity contribution in [3.63, 3.8) is 0 Å². The van der Waals surface area contributed by atoms with Gasteiger partial charge in [-0.2, -0.15) is 0 Å². The van der Waals surface area contributed by atoms with Crippen molar-refractivity contribution >= 4 is 5.96 Å². The van der Waals surface area contributed by atoms with Crippen LogP contribution in [0.2, 0.25) is 0 Å². The molecular weight excluding hydrogens is 304 g/mol. The molecule has 0 saturated carbocycles. The molecule has 2 aliphatic heterocycles. The number of nitrogens with one attached hydrogen (secondary N) is 2. The second-order valence-electron chi connectivity index (χ2n) is 6.91. The first kappa shape index (κ1) is 19.5. The van der Waals surface area contributed by atoms with Gasteiger partial charge in [-0.05, 0) is 50.6 Å². The first-order valence-corrected chi connectivity index (χ1v) is 9.64. The SMILES string of the molecule is CCN1CCC(CNC(=NC)NCCCOCC2CCOCC2)C1. The number of ether oxygens (including phenoxy) is 2. The average molecular weight is 341 g/mol. The highest BCUT2D eigenvalue weighted by Gasteiger charge is 2.20. The molecule has 6 nitrogen and oxygen atoms in total. The Morgan fingerprint density at radius 1 is 1.21 bits per heavy atom. The summed E-state index contributed by atoms with van der Waals surface area (Å²) in [6.07, 6.45) is 4.59.